The van der Waals surface area contributed by atoms with E-state index in [1.807, 2.05) is 22.2 Å². The van der Waals surface area contributed by atoms with Crippen LogP contribution in [0.1, 0.15) is 10.4 Å². The molecular formula is C9H7BrF2OS. The van der Waals surface area contributed by atoms with E-state index in [4.69, 9.17) is 0 Å². The summed E-state index contributed by atoms with van der Waals surface area (Å²) < 4.78 is 25.2. The Bertz CT molecular complexity index is 349. The fraction of sp³-hybridized carbons (Fsp3) is 0.222. The summed E-state index contributed by atoms with van der Waals surface area (Å²) in [6.07, 6.45) is 1.82. The molecule has 0 fully saturated rings. The molecule has 1 nitrogen and oxygen atoms in total. The number of thioether (sulfide) groups is 1. The molecule has 1 aromatic rings. The molecule has 0 aliphatic heterocycles. The van der Waals surface area contributed by atoms with Crippen molar-refractivity contribution < 1.29 is 13.6 Å². The van der Waals surface area contributed by atoms with Crippen molar-refractivity contribution in [3.05, 3.63) is 29.8 Å². The molecule has 0 aliphatic carbocycles. The van der Waals surface area contributed by atoms with E-state index >= 15 is 0 Å². The highest BCUT2D eigenvalue weighted by Crippen LogP contribution is 2.28. The molecule has 1 rings (SSSR count). The molecule has 0 radical (unpaired) electrons. The minimum atomic E-state index is -3.48. The number of Topliss-reactive ketones (excluding diaryl/α,β-unsaturated/α-hetero) is 1. The summed E-state index contributed by atoms with van der Waals surface area (Å²) in [5, 5.41) is 0. The lowest BCUT2D eigenvalue weighted by molar-refractivity contribution is 0.0592. The van der Waals surface area contributed by atoms with E-state index in [0.29, 0.717) is 0 Å². The first-order valence-corrected chi connectivity index (χ1v) is 5.72. The van der Waals surface area contributed by atoms with E-state index in [1.165, 1.54) is 23.9 Å². The van der Waals surface area contributed by atoms with Crippen molar-refractivity contribution in [2.24, 2.45) is 0 Å². The van der Waals surface area contributed by atoms with Crippen molar-refractivity contribution in [1.82, 2.24) is 0 Å². The molecule has 0 spiro atoms. The van der Waals surface area contributed by atoms with E-state index in [9.17, 15) is 13.6 Å². The Kier molecular flexibility index (Phi) is 3.66. The largest absolute Gasteiger partial charge is 0.363 e. The average molecular weight is 281 g/mol. The molecule has 0 atom stereocenters. The maximum atomic E-state index is 12.6. The van der Waals surface area contributed by atoms with Crippen molar-refractivity contribution in [3.8, 4) is 0 Å². The molecule has 0 aromatic heterocycles. The maximum absolute atomic E-state index is 12.6. The van der Waals surface area contributed by atoms with Crippen LogP contribution in [0.15, 0.2) is 29.2 Å². The van der Waals surface area contributed by atoms with Gasteiger partial charge in [-0.15, -0.1) is 11.8 Å². The SMILES string of the molecule is CSc1cccc(C(=O)C(F)(F)Br)c1. The quantitative estimate of drug-likeness (QED) is 0.478. The molecule has 0 saturated heterocycles. The molecule has 0 N–H and O–H groups in total. The lowest BCUT2D eigenvalue weighted by Crippen LogP contribution is -2.20. The van der Waals surface area contributed by atoms with Gasteiger partial charge in [0.05, 0.1) is 0 Å². The standard InChI is InChI=1S/C9H7BrF2OS/c1-14-7-4-2-3-6(5-7)8(13)9(10,11)12/h2-5H,1H3. The molecule has 76 valence electrons. The summed E-state index contributed by atoms with van der Waals surface area (Å²) in [6, 6.07) is 6.16. The zero-order valence-electron chi connectivity index (χ0n) is 7.26. The highest BCUT2D eigenvalue weighted by molar-refractivity contribution is 9.10. The van der Waals surface area contributed by atoms with Crippen molar-refractivity contribution in [1.29, 1.82) is 0 Å². The Morgan fingerprint density at radius 1 is 1.50 bits per heavy atom. The lowest BCUT2D eigenvalue weighted by Gasteiger charge is -2.07. The number of hydrogen-bond donors (Lipinski definition) is 0. The number of carbonyl (C=O) groups excluding carboxylic acids is 1. The topological polar surface area (TPSA) is 17.1 Å². The van der Waals surface area contributed by atoms with E-state index in [0.717, 1.165) is 4.90 Å². The number of halogens is 3. The van der Waals surface area contributed by atoms with Gasteiger partial charge < -0.3 is 0 Å². The van der Waals surface area contributed by atoms with E-state index in [-0.39, 0.29) is 5.56 Å². The fourth-order valence-corrected chi connectivity index (χ4v) is 1.62. The lowest BCUT2D eigenvalue weighted by atomic mass is 10.1. The normalized spacial score (nSPS) is 11.4. The highest BCUT2D eigenvalue weighted by atomic mass is 79.9. The van der Waals surface area contributed by atoms with Gasteiger partial charge in [0, 0.05) is 10.5 Å². The van der Waals surface area contributed by atoms with Crippen molar-refractivity contribution in [3.63, 3.8) is 0 Å². The summed E-state index contributed by atoms with van der Waals surface area (Å²) in [5.41, 5.74) is 0.0127. The molecule has 0 bridgehead atoms. The van der Waals surface area contributed by atoms with E-state index in [2.05, 4.69) is 0 Å². The molecule has 0 unspecified atom stereocenters. The van der Waals surface area contributed by atoms with E-state index < -0.39 is 10.6 Å². The average Bonchev–Trinajstić information content (AvgIpc) is 2.15. The number of benzene rings is 1. The Balaban J connectivity index is 3.02. The molecule has 14 heavy (non-hydrogen) atoms. The molecular weight excluding hydrogens is 274 g/mol. The van der Waals surface area contributed by atoms with Crippen LogP contribution in [0.25, 0.3) is 0 Å². The third kappa shape index (κ3) is 2.78. The molecule has 0 aliphatic rings. The van der Waals surface area contributed by atoms with Gasteiger partial charge in [-0.25, -0.2) is 0 Å². The van der Waals surface area contributed by atoms with Gasteiger partial charge in [-0.3, -0.25) is 4.79 Å². The minimum absolute atomic E-state index is 0.0127. The predicted molar refractivity (Wildman–Crippen MR) is 56.4 cm³/mol. The fourth-order valence-electron chi connectivity index (χ4n) is 0.928. The monoisotopic (exact) mass is 280 g/mol. The molecule has 0 heterocycles. The van der Waals surface area contributed by atoms with Gasteiger partial charge in [-0.2, -0.15) is 8.78 Å². The second-order valence-electron chi connectivity index (χ2n) is 2.56. The Labute approximate surface area is 93.0 Å². The zero-order valence-corrected chi connectivity index (χ0v) is 9.66. The summed E-state index contributed by atoms with van der Waals surface area (Å²) in [5.74, 6) is -1.21. The van der Waals surface area contributed by atoms with Crippen LogP contribution >= 0.6 is 27.7 Å². The van der Waals surface area contributed by atoms with Gasteiger partial charge in [-0.1, -0.05) is 12.1 Å². The van der Waals surface area contributed by atoms with Crippen LogP contribution in [0.3, 0.4) is 0 Å². The van der Waals surface area contributed by atoms with Gasteiger partial charge >= 0.3 is 4.83 Å². The summed E-state index contributed by atoms with van der Waals surface area (Å²) in [7, 11) is 0. The molecule has 1 aromatic carbocycles. The van der Waals surface area contributed by atoms with Crippen LogP contribution in [0.5, 0.6) is 0 Å². The Hall–Kier alpha value is -0.420. The van der Waals surface area contributed by atoms with Crippen molar-refractivity contribution in [2.75, 3.05) is 6.26 Å². The molecule has 5 heteroatoms. The molecule has 0 amide bonds. The first kappa shape index (κ1) is 11.7. The van der Waals surface area contributed by atoms with Gasteiger partial charge in [0.25, 0.3) is 0 Å². The van der Waals surface area contributed by atoms with Crippen LogP contribution in [0, 0.1) is 0 Å². The van der Waals surface area contributed by atoms with Gasteiger partial charge in [0.1, 0.15) is 0 Å². The summed E-state index contributed by atoms with van der Waals surface area (Å²) in [4.78, 5) is 8.43. The van der Waals surface area contributed by atoms with E-state index in [1.54, 1.807) is 12.1 Å². The van der Waals surface area contributed by atoms with Crippen molar-refractivity contribution >= 4 is 33.5 Å². The second kappa shape index (κ2) is 4.40. The van der Waals surface area contributed by atoms with Crippen molar-refractivity contribution in [2.45, 2.75) is 9.73 Å². The first-order valence-electron chi connectivity index (χ1n) is 3.70. The predicted octanol–water partition coefficient (Wildman–Crippen LogP) is 3.58. The van der Waals surface area contributed by atoms with Crippen LogP contribution in [-0.4, -0.2) is 16.9 Å². The Morgan fingerprint density at radius 3 is 2.64 bits per heavy atom. The smallest absolute Gasteiger partial charge is 0.286 e. The Morgan fingerprint density at radius 2 is 2.14 bits per heavy atom. The zero-order chi connectivity index (χ0) is 10.8. The third-order valence-corrected chi connectivity index (χ3v) is 2.67. The number of ketones is 1. The number of rotatable bonds is 3. The second-order valence-corrected chi connectivity index (χ2v) is 4.43. The molecule has 0 saturated carbocycles. The van der Waals surface area contributed by atoms with Gasteiger partial charge in [-0.05, 0) is 34.3 Å². The first-order chi connectivity index (χ1) is 6.45. The van der Waals surface area contributed by atoms with Crippen LogP contribution in [-0.2, 0) is 0 Å². The highest BCUT2D eigenvalue weighted by Gasteiger charge is 2.35. The number of hydrogen-bond acceptors (Lipinski definition) is 2. The van der Waals surface area contributed by atoms with Gasteiger partial charge in [0.15, 0.2) is 0 Å². The van der Waals surface area contributed by atoms with Crippen LogP contribution < -0.4 is 0 Å². The van der Waals surface area contributed by atoms with Gasteiger partial charge in [0.2, 0.25) is 5.78 Å². The van der Waals surface area contributed by atoms with Crippen LogP contribution in [0.4, 0.5) is 8.78 Å². The third-order valence-electron chi connectivity index (χ3n) is 1.59. The number of alkyl halides is 3. The van der Waals surface area contributed by atoms with Crippen LogP contribution in [0.2, 0.25) is 0 Å². The maximum Gasteiger partial charge on any atom is 0.363 e. The summed E-state index contributed by atoms with van der Waals surface area (Å²) >= 11 is 3.44. The minimum Gasteiger partial charge on any atom is -0.286 e. The number of carbonyl (C=O) groups is 1. The summed E-state index contributed by atoms with van der Waals surface area (Å²) in [6.45, 7) is 0.